The molecule has 0 radical (unpaired) electrons. The van der Waals surface area contributed by atoms with E-state index in [1.165, 1.54) is 20.4 Å². The van der Waals surface area contributed by atoms with E-state index in [1.807, 2.05) is 0 Å². The van der Waals surface area contributed by atoms with Crippen LogP contribution in [-0.4, -0.2) is 32.2 Å². The summed E-state index contributed by atoms with van der Waals surface area (Å²) in [6.07, 6.45) is 1.35. The predicted molar refractivity (Wildman–Crippen MR) is 104 cm³/mol. The van der Waals surface area contributed by atoms with E-state index in [0.717, 1.165) is 0 Å². The first-order chi connectivity index (χ1) is 12.9. The van der Waals surface area contributed by atoms with Crippen LogP contribution in [0.25, 0.3) is 0 Å². The van der Waals surface area contributed by atoms with E-state index in [9.17, 15) is 9.59 Å². The summed E-state index contributed by atoms with van der Waals surface area (Å²) in [7, 11) is 3.04. The van der Waals surface area contributed by atoms with E-state index in [0.29, 0.717) is 32.7 Å². The lowest BCUT2D eigenvalue weighted by Gasteiger charge is -2.07. The van der Waals surface area contributed by atoms with E-state index < -0.39 is 11.8 Å². The Morgan fingerprint density at radius 2 is 1.85 bits per heavy atom. The van der Waals surface area contributed by atoms with Crippen molar-refractivity contribution in [3.8, 4) is 11.5 Å². The van der Waals surface area contributed by atoms with Gasteiger partial charge in [0.2, 0.25) is 0 Å². The number of carbonyl (C=O) groups is 2. The number of ether oxygens (including phenoxy) is 2. The fourth-order valence-electron chi connectivity index (χ4n) is 2.07. The number of benzene rings is 2. The molecule has 0 atom stereocenters. The van der Waals surface area contributed by atoms with Gasteiger partial charge < -0.3 is 14.8 Å². The first-order valence-corrected chi connectivity index (χ1v) is 8.47. The van der Waals surface area contributed by atoms with Crippen LogP contribution in [0.15, 0.2) is 41.5 Å². The van der Waals surface area contributed by atoms with Crippen molar-refractivity contribution in [2.24, 2.45) is 5.10 Å². The molecule has 0 aliphatic heterocycles. The minimum Gasteiger partial charge on any atom is -0.497 e. The first-order valence-electron chi connectivity index (χ1n) is 7.71. The van der Waals surface area contributed by atoms with Crippen molar-refractivity contribution in [3.63, 3.8) is 0 Å². The quantitative estimate of drug-likeness (QED) is 0.436. The molecule has 0 heterocycles. The normalized spacial score (nSPS) is 10.5. The van der Waals surface area contributed by atoms with Gasteiger partial charge in [-0.25, -0.2) is 5.43 Å². The summed E-state index contributed by atoms with van der Waals surface area (Å²) in [5.41, 5.74) is 3.35. The molecular formula is C18H17Cl2N3O4. The maximum Gasteiger partial charge on any atom is 0.329 e. The Kier molecular flexibility index (Phi) is 7.45. The smallest absolute Gasteiger partial charge is 0.329 e. The van der Waals surface area contributed by atoms with Crippen LogP contribution in [0.1, 0.15) is 11.1 Å². The van der Waals surface area contributed by atoms with Gasteiger partial charge in [-0.15, -0.1) is 0 Å². The van der Waals surface area contributed by atoms with Crippen LogP contribution in [0.4, 0.5) is 0 Å². The average molecular weight is 410 g/mol. The lowest BCUT2D eigenvalue weighted by molar-refractivity contribution is -0.139. The maximum absolute atomic E-state index is 11.8. The number of nitrogens with one attached hydrogen (secondary N) is 2. The van der Waals surface area contributed by atoms with Crippen LogP contribution >= 0.6 is 23.2 Å². The lowest BCUT2D eigenvalue weighted by Crippen LogP contribution is -2.37. The SMILES string of the molecule is COc1ccc(OC)c(C=NNC(=O)C(=O)NCc2ccc(Cl)cc2Cl)c1. The molecule has 0 aliphatic carbocycles. The Morgan fingerprint density at radius 3 is 2.52 bits per heavy atom. The van der Waals surface area contributed by atoms with Crippen molar-refractivity contribution in [1.82, 2.24) is 10.7 Å². The monoisotopic (exact) mass is 409 g/mol. The summed E-state index contributed by atoms with van der Waals surface area (Å²) >= 11 is 11.8. The number of amides is 2. The molecule has 0 saturated carbocycles. The Morgan fingerprint density at radius 1 is 1.07 bits per heavy atom. The third-order valence-corrected chi connectivity index (χ3v) is 4.05. The van der Waals surface area contributed by atoms with Crippen LogP contribution in [-0.2, 0) is 16.1 Å². The molecule has 0 aliphatic rings. The molecule has 2 rings (SSSR count). The van der Waals surface area contributed by atoms with Crippen LogP contribution in [0.5, 0.6) is 11.5 Å². The maximum atomic E-state index is 11.8. The highest BCUT2D eigenvalue weighted by Gasteiger charge is 2.13. The average Bonchev–Trinajstić information content (AvgIpc) is 2.66. The zero-order valence-corrected chi connectivity index (χ0v) is 16.1. The Bertz CT molecular complexity index is 872. The van der Waals surface area contributed by atoms with Gasteiger partial charge in [-0.05, 0) is 35.9 Å². The zero-order chi connectivity index (χ0) is 19.8. The fourth-order valence-corrected chi connectivity index (χ4v) is 2.55. The largest absolute Gasteiger partial charge is 0.497 e. The van der Waals surface area contributed by atoms with E-state index in [2.05, 4.69) is 15.8 Å². The summed E-state index contributed by atoms with van der Waals surface area (Å²) in [6, 6.07) is 9.96. The molecule has 27 heavy (non-hydrogen) atoms. The summed E-state index contributed by atoms with van der Waals surface area (Å²) in [6.45, 7) is 0.0790. The van der Waals surface area contributed by atoms with Crippen LogP contribution < -0.4 is 20.2 Å². The Labute approximate surface area is 166 Å². The summed E-state index contributed by atoms with van der Waals surface area (Å²) < 4.78 is 10.3. The van der Waals surface area contributed by atoms with Gasteiger partial charge >= 0.3 is 11.8 Å². The third kappa shape index (κ3) is 5.87. The number of nitrogens with zero attached hydrogens (tertiary/aromatic N) is 1. The van der Waals surface area contributed by atoms with E-state index in [-0.39, 0.29) is 6.54 Å². The topological polar surface area (TPSA) is 89.0 Å². The van der Waals surface area contributed by atoms with Crippen molar-refractivity contribution in [2.45, 2.75) is 6.54 Å². The molecule has 2 amide bonds. The number of rotatable bonds is 6. The van der Waals surface area contributed by atoms with Crippen molar-refractivity contribution < 1.29 is 19.1 Å². The second-order valence-corrected chi connectivity index (χ2v) is 6.07. The molecule has 7 nitrogen and oxygen atoms in total. The second-order valence-electron chi connectivity index (χ2n) is 5.23. The van der Waals surface area contributed by atoms with Crippen LogP contribution in [0, 0.1) is 0 Å². The molecule has 2 aromatic carbocycles. The molecule has 2 aromatic rings. The highest BCUT2D eigenvalue weighted by Crippen LogP contribution is 2.22. The Balaban J connectivity index is 1.93. The first kappa shape index (κ1) is 20.5. The molecule has 0 bridgehead atoms. The van der Waals surface area contributed by atoms with Gasteiger partial charge in [-0.2, -0.15) is 5.10 Å². The van der Waals surface area contributed by atoms with Gasteiger partial charge in [0, 0.05) is 22.2 Å². The van der Waals surface area contributed by atoms with E-state index >= 15 is 0 Å². The van der Waals surface area contributed by atoms with Gasteiger partial charge in [-0.3, -0.25) is 9.59 Å². The summed E-state index contributed by atoms with van der Waals surface area (Å²) in [4.78, 5) is 23.7. The van der Waals surface area contributed by atoms with Gasteiger partial charge in [0.1, 0.15) is 11.5 Å². The number of methoxy groups -OCH3 is 2. The number of hydrogen-bond acceptors (Lipinski definition) is 5. The molecular weight excluding hydrogens is 393 g/mol. The van der Waals surface area contributed by atoms with Crippen LogP contribution in [0.3, 0.4) is 0 Å². The van der Waals surface area contributed by atoms with Crippen molar-refractivity contribution in [2.75, 3.05) is 14.2 Å². The second kappa shape index (κ2) is 9.80. The summed E-state index contributed by atoms with van der Waals surface area (Å²) in [5.74, 6) is -0.634. The molecule has 142 valence electrons. The molecule has 0 saturated heterocycles. The van der Waals surface area contributed by atoms with Gasteiger partial charge in [-0.1, -0.05) is 29.3 Å². The van der Waals surface area contributed by atoms with E-state index in [4.69, 9.17) is 32.7 Å². The number of hydrazone groups is 1. The number of halogens is 2. The lowest BCUT2D eigenvalue weighted by atomic mass is 10.2. The summed E-state index contributed by atoms with van der Waals surface area (Å²) in [5, 5.41) is 7.09. The number of carbonyl (C=O) groups excluding carboxylic acids is 2. The van der Waals surface area contributed by atoms with Gasteiger partial charge in [0.15, 0.2) is 0 Å². The molecule has 0 spiro atoms. The van der Waals surface area contributed by atoms with Gasteiger partial charge in [0.05, 0.1) is 20.4 Å². The fraction of sp³-hybridized carbons (Fsp3) is 0.167. The molecule has 2 N–H and O–H groups in total. The molecule has 0 aromatic heterocycles. The highest BCUT2D eigenvalue weighted by atomic mass is 35.5. The highest BCUT2D eigenvalue weighted by molar-refractivity contribution is 6.36. The molecule has 0 unspecified atom stereocenters. The zero-order valence-electron chi connectivity index (χ0n) is 14.6. The Hall–Kier alpha value is -2.77. The van der Waals surface area contributed by atoms with Crippen molar-refractivity contribution in [1.29, 1.82) is 0 Å². The van der Waals surface area contributed by atoms with Crippen molar-refractivity contribution >= 4 is 41.2 Å². The standard InChI is InChI=1S/C18H17Cl2N3O4/c1-26-14-5-6-16(27-2)12(7-14)10-22-23-18(25)17(24)21-9-11-3-4-13(19)8-15(11)20/h3-8,10H,9H2,1-2H3,(H,21,24)(H,23,25). The molecule has 9 heteroatoms. The third-order valence-electron chi connectivity index (χ3n) is 3.47. The molecule has 0 fully saturated rings. The van der Waals surface area contributed by atoms with E-state index in [1.54, 1.807) is 36.4 Å². The van der Waals surface area contributed by atoms with Crippen LogP contribution in [0.2, 0.25) is 10.0 Å². The van der Waals surface area contributed by atoms with Crippen molar-refractivity contribution in [3.05, 3.63) is 57.6 Å². The van der Waals surface area contributed by atoms with Gasteiger partial charge in [0.25, 0.3) is 0 Å². The minimum atomic E-state index is -0.918. The minimum absolute atomic E-state index is 0.0790. The number of hydrogen-bond donors (Lipinski definition) is 2. The predicted octanol–water partition coefficient (Wildman–Crippen LogP) is 2.78.